The number of para-hydroxylation sites is 1. The zero-order valence-electron chi connectivity index (χ0n) is 23.5. The molecule has 0 radical (unpaired) electrons. The maximum atomic E-state index is 6.18. The van der Waals surface area contributed by atoms with Crippen LogP contribution in [0.25, 0.3) is 78.4 Å². The number of rotatable bonds is 5. The Morgan fingerprint density at radius 2 is 0.955 bits per heavy atom. The van der Waals surface area contributed by atoms with Crippen molar-refractivity contribution in [2.75, 3.05) is 0 Å². The standard InChI is InChI=1S/C39H24BrN3O/c40-31-22-20-26(21-23-31)25-16-18-27(19-17-25)29-10-6-11-30(24-29)38-41-37(28-8-2-1-3-9-28)42-39(43-38)33-13-7-15-35-36(33)32-12-4-5-14-34(32)44-35/h1-24H. The summed E-state index contributed by atoms with van der Waals surface area (Å²) in [4.78, 5) is 15.0. The van der Waals surface area contributed by atoms with Gasteiger partial charge in [-0.15, -0.1) is 0 Å². The summed E-state index contributed by atoms with van der Waals surface area (Å²) in [6.45, 7) is 0. The minimum absolute atomic E-state index is 0.607. The lowest BCUT2D eigenvalue weighted by Crippen LogP contribution is -2.00. The lowest BCUT2D eigenvalue weighted by molar-refractivity contribution is 0.669. The average Bonchev–Trinajstić information content (AvgIpc) is 3.48. The lowest BCUT2D eigenvalue weighted by Gasteiger charge is -2.10. The molecule has 2 heterocycles. The van der Waals surface area contributed by atoms with Crippen LogP contribution in [0.1, 0.15) is 0 Å². The first-order chi connectivity index (χ1) is 21.7. The van der Waals surface area contributed by atoms with Gasteiger partial charge in [-0.3, -0.25) is 0 Å². The average molecular weight is 631 g/mol. The number of halogens is 1. The van der Waals surface area contributed by atoms with Gasteiger partial charge in [-0.05, 0) is 52.6 Å². The van der Waals surface area contributed by atoms with Crippen molar-refractivity contribution in [1.82, 2.24) is 15.0 Å². The van der Waals surface area contributed by atoms with E-state index in [2.05, 4.69) is 101 Å². The molecule has 0 aliphatic carbocycles. The second-order valence-corrected chi connectivity index (χ2v) is 11.5. The van der Waals surface area contributed by atoms with Crippen LogP contribution in [0.2, 0.25) is 0 Å². The van der Waals surface area contributed by atoms with E-state index in [1.54, 1.807) is 0 Å². The number of nitrogens with zero attached hydrogens (tertiary/aromatic N) is 3. The third-order valence-corrected chi connectivity index (χ3v) is 8.36. The summed E-state index contributed by atoms with van der Waals surface area (Å²) >= 11 is 3.52. The highest BCUT2D eigenvalue weighted by Crippen LogP contribution is 2.37. The maximum Gasteiger partial charge on any atom is 0.164 e. The predicted octanol–water partition coefficient (Wildman–Crippen LogP) is 10.9. The van der Waals surface area contributed by atoms with E-state index >= 15 is 0 Å². The molecule has 0 saturated heterocycles. The Labute approximate surface area is 262 Å². The maximum absolute atomic E-state index is 6.18. The van der Waals surface area contributed by atoms with Crippen LogP contribution in [0.3, 0.4) is 0 Å². The van der Waals surface area contributed by atoms with Crippen LogP contribution in [-0.2, 0) is 0 Å². The smallest absolute Gasteiger partial charge is 0.164 e. The molecule has 44 heavy (non-hydrogen) atoms. The monoisotopic (exact) mass is 629 g/mol. The molecule has 0 spiro atoms. The van der Waals surface area contributed by atoms with E-state index in [0.717, 1.165) is 54.2 Å². The SMILES string of the molecule is Brc1ccc(-c2ccc(-c3cccc(-c4nc(-c5ccccc5)nc(-c5cccc6oc7ccccc7c56)n4)c3)cc2)cc1. The highest BCUT2D eigenvalue weighted by Gasteiger charge is 2.17. The molecule has 208 valence electrons. The van der Waals surface area contributed by atoms with Gasteiger partial charge in [-0.1, -0.05) is 131 Å². The third-order valence-electron chi connectivity index (χ3n) is 7.83. The third kappa shape index (κ3) is 4.87. The molecule has 0 atom stereocenters. The highest BCUT2D eigenvalue weighted by molar-refractivity contribution is 9.10. The first-order valence-electron chi connectivity index (χ1n) is 14.4. The Hall–Kier alpha value is -5.39. The van der Waals surface area contributed by atoms with Crippen molar-refractivity contribution >= 4 is 37.9 Å². The van der Waals surface area contributed by atoms with Crippen LogP contribution in [0, 0.1) is 0 Å². The minimum atomic E-state index is 0.607. The van der Waals surface area contributed by atoms with Gasteiger partial charge in [0.15, 0.2) is 17.5 Å². The van der Waals surface area contributed by atoms with Gasteiger partial charge < -0.3 is 4.42 Å². The molecule has 0 bridgehead atoms. The van der Waals surface area contributed by atoms with Crippen molar-refractivity contribution in [2.45, 2.75) is 0 Å². The molecule has 0 aliphatic heterocycles. The van der Waals surface area contributed by atoms with Gasteiger partial charge in [0, 0.05) is 31.9 Å². The predicted molar refractivity (Wildman–Crippen MR) is 182 cm³/mol. The molecule has 8 aromatic rings. The van der Waals surface area contributed by atoms with Gasteiger partial charge in [0.05, 0.1) is 0 Å². The van der Waals surface area contributed by atoms with Crippen LogP contribution >= 0.6 is 15.9 Å². The minimum Gasteiger partial charge on any atom is -0.456 e. The van der Waals surface area contributed by atoms with E-state index in [0.29, 0.717) is 17.5 Å². The zero-order chi connectivity index (χ0) is 29.5. The second-order valence-electron chi connectivity index (χ2n) is 10.6. The van der Waals surface area contributed by atoms with Gasteiger partial charge in [0.25, 0.3) is 0 Å². The molecule has 0 fully saturated rings. The van der Waals surface area contributed by atoms with Crippen LogP contribution in [0.15, 0.2) is 154 Å². The molecule has 4 nitrogen and oxygen atoms in total. The normalized spacial score (nSPS) is 11.3. The first kappa shape index (κ1) is 26.3. The Balaban J connectivity index is 1.25. The van der Waals surface area contributed by atoms with Crippen molar-refractivity contribution in [2.24, 2.45) is 0 Å². The van der Waals surface area contributed by atoms with Crippen molar-refractivity contribution in [3.05, 3.63) is 150 Å². The number of hydrogen-bond acceptors (Lipinski definition) is 4. The zero-order valence-corrected chi connectivity index (χ0v) is 25.1. The summed E-state index contributed by atoms with van der Waals surface area (Å²) in [5.74, 6) is 1.85. The van der Waals surface area contributed by atoms with Crippen molar-refractivity contribution in [1.29, 1.82) is 0 Å². The fourth-order valence-corrected chi connectivity index (χ4v) is 5.90. The lowest BCUT2D eigenvalue weighted by atomic mass is 9.99. The molecule has 0 saturated carbocycles. The van der Waals surface area contributed by atoms with E-state index in [1.165, 1.54) is 11.1 Å². The van der Waals surface area contributed by atoms with Gasteiger partial charge in [0.1, 0.15) is 11.2 Å². The van der Waals surface area contributed by atoms with Crippen LogP contribution < -0.4 is 0 Å². The molecule has 0 unspecified atom stereocenters. The Kier molecular flexibility index (Phi) is 6.58. The van der Waals surface area contributed by atoms with Crippen LogP contribution in [0.5, 0.6) is 0 Å². The number of fused-ring (bicyclic) bond motifs is 3. The van der Waals surface area contributed by atoms with Gasteiger partial charge in [-0.2, -0.15) is 0 Å². The summed E-state index contributed by atoms with van der Waals surface area (Å²) in [5.41, 5.74) is 8.98. The Morgan fingerprint density at radius 3 is 1.73 bits per heavy atom. The topological polar surface area (TPSA) is 51.8 Å². The first-order valence-corrected chi connectivity index (χ1v) is 15.2. The molecule has 0 N–H and O–H groups in total. The van der Waals surface area contributed by atoms with Crippen molar-refractivity contribution in [3.8, 4) is 56.4 Å². The Bertz CT molecular complexity index is 2280. The highest BCUT2D eigenvalue weighted by atomic mass is 79.9. The molecule has 0 amide bonds. The number of hydrogen-bond donors (Lipinski definition) is 0. The van der Waals surface area contributed by atoms with E-state index in [4.69, 9.17) is 19.4 Å². The summed E-state index contributed by atoms with van der Waals surface area (Å²) in [6.07, 6.45) is 0. The van der Waals surface area contributed by atoms with Gasteiger partial charge in [0.2, 0.25) is 0 Å². The summed E-state index contributed by atoms with van der Waals surface area (Å²) in [5, 5.41) is 2.04. The molecule has 2 aromatic heterocycles. The van der Waals surface area contributed by atoms with E-state index in [9.17, 15) is 0 Å². The Morgan fingerprint density at radius 1 is 0.409 bits per heavy atom. The van der Waals surface area contributed by atoms with Crippen molar-refractivity contribution in [3.63, 3.8) is 0 Å². The van der Waals surface area contributed by atoms with Crippen LogP contribution in [-0.4, -0.2) is 15.0 Å². The fraction of sp³-hybridized carbons (Fsp3) is 0. The molecule has 6 aromatic carbocycles. The summed E-state index contributed by atoms with van der Waals surface area (Å²) in [7, 11) is 0. The molecular formula is C39H24BrN3O. The number of furan rings is 1. The van der Waals surface area contributed by atoms with E-state index < -0.39 is 0 Å². The summed E-state index contributed by atoms with van der Waals surface area (Å²) < 4.78 is 7.25. The molecule has 0 aliphatic rings. The van der Waals surface area contributed by atoms with Crippen molar-refractivity contribution < 1.29 is 4.42 Å². The second kappa shape index (κ2) is 11.0. The largest absolute Gasteiger partial charge is 0.456 e. The number of benzene rings is 6. The summed E-state index contributed by atoms with van der Waals surface area (Å²) in [6, 6.07) is 49.6. The van der Waals surface area contributed by atoms with Gasteiger partial charge >= 0.3 is 0 Å². The molecule has 8 rings (SSSR count). The fourth-order valence-electron chi connectivity index (χ4n) is 5.64. The number of aromatic nitrogens is 3. The van der Waals surface area contributed by atoms with E-state index in [-0.39, 0.29) is 0 Å². The van der Waals surface area contributed by atoms with E-state index in [1.807, 2.05) is 60.7 Å². The van der Waals surface area contributed by atoms with Gasteiger partial charge in [-0.25, -0.2) is 15.0 Å². The molecule has 5 heteroatoms. The molecular weight excluding hydrogens is 606 g/mol. The quantitative estimate of drug-likeness (QED) is 0.190. The van der Waals surface area contributed by atoms with Crippen LogP contribution in [0.4, 0.5) is 0 Å².